The Labute approximate surface area is 49.1 Å². The molecule has 0 unspecified atom stereocenters. The molecular formula is C6H12O2. The molecule has 0 heterocycles. The van der Waals surface area contributed by atoms with E-state index >= 15 is 0 Å². The summed E-state index contributed by atoms with van der Waals surface area (Å²) in [4.78, 5) is 0. The molecule has 0 aromatic rings. The van der Waals surface area contributed by atoms with Crippen molar-refractivity contribution in [3.8, 4) is 0 Å². The average molecular weight is 116 g/mol. The maximum absolute atomic E-state index is 9.02. The van der Waals surface area contributed by atoms with Gasteiger partial charge in [0.2, 0.25) is 0 Å². The Kier molecular flexibility index (Phi) is 1.54. The monoisotopic (exact) mass is 116 g/mol. The predicted molar refractivity (Wildman–Crippen MR) is 30.4 cm³/mol. The number of aliphatic hydroxyl groups excluding tert-OH is 2. The van der Waals surface area contributed by atoms with Crippen LogP contribution in [0.2, 0.25) is 0 Å². The number of hydrogen-bond acceptors (Lipinski definition) is 2. The largest absolute Gasteiger partial charge is 0.390 e. The smallest absolute Gasteiger partial charge is 0.0824 e. The second kappa shape index (κ2) is 2.03. The van der Waals surface area contributed by atoms with Crippen molar-refractivity contribution in [2.24, 2.45) is 5.92 Å². The highest BCUT2D eigenvalue weighted by Gasteiger charge is 2.29. The van der Waals surface area contributed by atoms with E-state index in [0.717, 1.165) is 12.8 Å². The molecule has 0 spiro atoms. The van der Waals surface area contributed by atoms with E-state index in [0.29, 0.717) is 5.92 Å². The summed E-state index contributed by atoms with van der Waals surface area (Å²) in [6, 6.07) is 0. The van der Waals surface area contributed by atoms with Crippen molar-refractivity contribution in [1.82, 2.24) is 0 Å². The van der Waals surface area contributed by atoms with E-state index in [1.54, 1.807) is 0 Å². The zero-order valence-corrected chi connectivity index (χ0v) is 5.04. The summed E-state index contributed by atoms with van der Waals surface area (Å²) in [5.41, 5.74) is 0. The summed E-state index contributed by atoms with van der Waals surface area (Å²) >= 11 is 0. The summed E-state index contributed by atoms with van der Waals surface area (Å²) < 4.78 is 0. The minimum Gasteiger partial charge on any atom is -0.390 e. The Bertz CT molecular complexity index is 72.6. The van der Waals surface area contributed by atoms with Crippen LogP contribution in [0.3, 0.4) is 0 Å². The van der Waals surface area contributed by atoms with Crippen molar-refractivity contribution in [3.05, 3.63) is 0 Å². The summed E-state index contributed by atoms with van der Waals surface area (Å²) in [6.07, 6.45) is 0.810. The molecule has 0 aliphatic heterocycles. The van der Waals surface area contributed by atoms with Gasteiger partial charge in [0, 0.05) is 0 Å². The van der Waals surface area contributed by atoms with Gasteiger partial charge in [-0.3, -0.25) is 0 Å². The van der Waals surface area contributed by atoms with Crippen LogP contribution >= 0.6 is 0 Å². The number of aliphatic hydroxyl groups is 2. The Morgan fingerprint density at radius 2 is 1.88 bits per heavy atom. The molecule has 1 rings (SSSR count). The number of hydrogen-bond donors (Lipinski definition) is 2. The van der Waals surface area contributed by atoms with Crippen LogP contribution in [0.1, 0.15) is 19.8 Å². The van der Waals surface area contributed by atoms with E-state index in [2.05, 4.69) is 0 Å². The molecule has 2 heteroatoms. The lowest BCUT2D eigenvalue weighted by Crippen LogP contribution is -2.22. The summed E-state index contributed by atoms with van der Waals surface area (Å²) in [5.74, 6) is 0.296. The van der Waals surface area contributed by atoms with Crippen LogP contribution in [0.15, 0.2) is 0 Å². The Morgan fingerprint density at radius 3 is 2.00 bits per heavy atom. The third-order valence-corrected chi connectivity index (χ3v) is 1.90. The SMILES string of the molecule is C[C@@H]1CC[C@@H](O)[C@@H]1O. The van der Waals surface area contributed by atoms with Crippen LogP contribution in [0.5, 0.6) is 0 Å². The second-order valence-corrected chi connectivity index (χ2v) is 2.61. The molecule has 1 fully saturated rings. The maximum Gasteiger partial charge on any atom is 0.0824 e. The van der Waals surface area contributed by atoms with Gasteiger partial charge in [0.05, 0.1) is 12.2 Å². The van der Waals surface area contributed by atoms with Gasteiger partial charge >= 0.3 is 0 Å². The van der Waals surface area contributed by atoms with Crippen LogP contribution in [-0.4, -0.2) is 22.4 Å². The lowest BCUT2D eigenvalue weighted by molar-refractivity contribution is 0.0245. The number of rotatable bonds is 0. The Hall–Kier alpha value is -0.0800. The van der Waals surface area contributed by atoms with Gasteiger partial charge in [-0.1, -0.05) is 6.92 Å². The van der Waals surface area contributed by atoms with Gasteiger partial charge in [-0.25, -0.2) is 0 Å². The molecule has 0 bridgehead atoms. The van der Waals surface area contributed by atoms with E-state index < -0.39 is 12.2 Å². The first-order valence-electron chi connectivity index (χ1n) is 3.08. The molecule has 2 N–H and O–H groups in total. The van der Waals surface area contributed by atoms with Crippen LogP contribution in [0.25, 0.3) is 0 Å². The fraction of sp³-hybridized carbons (Fsp3) is 1.00. The first-order valence-corrected chi connectivity index (χ1v) is 3.08. The minimum atomic E-state index is -0.463. The molecule has 0 aromatic carbocycles. The van der Waals surface area contributed by atoms with Crippen molar-refractivity contribution < 1.29 is 10.2 Å². The summed E-state index contributed by atoms with van der Waals surface area (Å²) in [6.45, 7) is 1.96. The van der Waals surface area contributed by atoms with Crippen LogP contribution in [0.4, 0.5) is 0 Å². The summed E-state index contributed by atoms with van der Waals surface area (Å²) in [5, 5.41) is 17.9. The Balaban J connectivity index is 2.44. The van der Waals surface area contributed by atoms with Gasteiger partial charge in [-0.15, -0.1) is 0 Å². The molecular weight excluding hydrogens is 104 g/mol. The topological polar surface area (TPSA) is 40.5 Å². The fourth-order valence-electron chi connectivity index (χ4n) is 1.15. The van der Waals surface area contributed by atoms with Crippen LogP contribution in [-0.2, 0) is 0 Å². The molecule has 2 nitrogen and oxygen atoms in total. The summed E-state index contributed by atoms with van der Waals surface area (Å²) in [7, 11) is 0. The van der Waals surface area contributed by atoms with Crippen molar-refractivity contribution >= 4 is 0 Å². The van der Waals surface area contributed by atoms with Crippen molar-refractivity contribution in [1.29, 1.82) is 0 Å². The molecule has 3 atom stereocenters. The molecule has 0 saturated heterocycles. The average Bonchev–Trinajstić information content (AvgIpc) is 1.98. The minimum absolute atomic E-state index is 0.296. The molecule has 1 saturated carbocycles. The molecule has 1 aliphatic carbocycles. The van der Waals surface area contributed by atoms with Crippen molar-refractivity contribution in [3.63, 3.8) is 0 Å². The highest BCUT2D eigenvalue weighted by atomic mass is 16.3. The normalized spacial score (nSPS) is 47.6. The van der Waals surface area contributed by atoms with E-state index in [9.17, 15) is 0 Å². The standard InChI is InChI=1S/C6H12O2/c1-4-2-3-5(7)6(4)8/h4-8H,2-3H2,1H3/t4-,5-,6-/m1/s1. The van der Waals surface area contributed by atoms with E-state index in [-0.39, 0.29) is 0 Å². The van der Waals surface area contributed by atoms with Crippen molar-refractivity contribution in [2.75, 3.05) is 0 Å². The first kappa shape index (κ1) is 6.05. The lowest BCUT2D eigenvalue weighted by atomic mass is 10.1. The third-order valence-electron chi connectivity index (χ3n) is 1.90. The molecule has 0 radical (unpaired) electrons. The van der Waals surface area contributed by atoms with Crippen LogP contribution < -0.4 is 0 Å². The van der Waals surface area contributed by atoms with E-state index in [1.807, 2.05) is 6.92 Å². The highest BCUT2D eigenvalue weighted by Crippen LogP contribution is 2.24. The predicted octanol–water partition coefficient (Wildman–Crippen LogP) is 0.138. The third kappa shape index (κ3) is 0.858. The molecule has 48 valence electrons. The second-order valence-electron chi connectivity index (χ2n) is 2.61. The Morgan fingerprint density at radius 1 is 1.25 bits per heavy atom. The molecule has 0 amide bonds. The molecule has 1 aliphatic rings. The van der Waals surface area contributed by atoms with Gasteiger partial charge in [0.1, 0.15) is 0 Å². The van der Waals surface area contributed by atoms with Crippen LogP contribution in [0, 0.1) is 5.92 Å². The highest BCUT2D eigenvalue weighted by molar-refractivity contribution is 4.80. The quantitative estimate of drug-likeness (QED) is 0.472. The molecule has 8 heavy (non-hydrogen) atoms. The van der Waals surface area contributed by atoms with Gasteiger partial charge in [-0.2, -0.15) is 0 Å². The van der Waals surface area contributed by atoms with E-state index in [1.165, 1.54) is 0 Å². The lowest BCUT2D eigenvalue weighted by Gasteiger charge is -2.09. The maximum atomic E-state index is 9.02. The first-order chi connectivity index (χ1) is 3.72. The van der Waals surface area contributed by atoms with Gasteiger partial charge in [0.15, 0.2) is 0 Å². The molecule has 0 aromatic heterocycles. The fourth-order valence-corrected chi connectivity index (χ4v) is 1.15. The zero-order chi connectivity index (χ0) is 6.15. The van der Waals surface area contributed by atoms with Gasteiger partial charge in [-0.05, 0) is 18.8 Å². The zero-order valence-electron chi connectivity index (χ0n) is 5.04. The van der Waals surface area contributed by atoms with Gasteiger partial charge in [0.25, 0.3) is 0 Å². The van der Waals surface area contributed by atoms with Gasteiger partial charge < -0.3 is 10.2 Å². The van der Waals surface area contributed by atoms with E-state index in [4.69, 9.17) is 10.2 Å². The van der Waals surface area contributed by atoms with Crippen molar-refractivity contribution in [2.45, 2.75) is 32.0 Å².